The molecule has 6 N–H and O–H groups in total. The van der Waals surface area contributed by atoms with Gasteiger partial charge in [0.2, 0.25) is 26.0 Å². The maximum Gasteiger partial charge on any atom is 0.264 e. The molecular weight excluding hydrogens is 1020 g/mol. The number of nitrogens with zero attached hydrogens (tertiary/aromatic N) is 2. The Hall–Kier alpha value is -7.53. The highest BCUT2D eigenvalue weighted by molar-refractivity contribution is 7.93. The number of aromatic nitrogens is 2. The lowest BCUT2D eigenvalue weighted by Gasteiger charge is -2.08. The van der Waals surface area contributed by atoms with E-state index in [-0.39, 0.29) is 62.1 Å². The Bertz CT molecular complexity index is 3460. The summed E-state index contributed by atoms with van der Waals surface area (Å²) in [5.74, 6) is -0.164. The van der Waals surface area contributed by atoms with Crippen molar-refractivity contribution >= 4 is 75.2 Å². The van der Waals surface area contributed by atoms with Gasteiger partial charge in [-0.15, -0.1) is 0 Å². The highest BCUT2D eigenvalue weighted by atomic mass is 32.2. The number of anilines is 2. The SMILES string of the molecule is C=C(C)C(=O)Cc1ccc(S(=O)(=O)Nc2ccccc2)cc1.C=C(C)C(=O)Cc1ccc(S(=O)(=O)Nc2nc(C)cc(C)n2)cc1.C=C(C)C(=O)Cc1ccc(S(N)(=O)=O)cc1.C=Cc1ccc(S(N)(=O)=O)cc1. The van der Waals surface area contributed by atoms with E-state index in [0.717, 1.165) is 22.3 Å². The third-order valence-electron chi connectivity index (χ3n) is 9.92. The number of rotatable bonds is 18. The van der Waals surface area contributed by atoms with Crippen LogP contribution in [0.15, 0.2) is 196 Å². The lowest BCUT2D eigenvalue weighted by atomic mass is 10.1. The summed E-state index contributed by atoms with van der Waals surface area (Å²) in [5.41, 5.74) is 6.38. The number of carbonyl (C=O) groups is 3. The minimum Gasteiger partial charge on any atom is -0.294 e. The fourth-order valence-electron chi connectivity index (χ4n) is 5.84. The second-order valence-electron chi connectivity index (χ2n) is 16.5. The van der Waals surface area contributed by atoms with Gasteiger partial charge in [-0.25, -0.2) is 58.6 Å². The maximum atomic E-state index is 12.4. The molecule has 5 aromatic carbocycles. The quantitative estimate of drug-likeness (QED) is 0.0599. The summed E-state index contributed by atoms with van der Waals surface area (Å²) in [4.78, 5) is 43.1. The molecule has 0 saturated carbocycles. The Balaban J connectivity index is 0.000000268. The molecular formula is C53H58N6O11S4. The van der Waals surface area contributed by atoms with Crippen LogP contribution in [0.3, 0.4) is 0 Å². The number of carbonyl (C=O) groups excluding carboxylic acids is 3. The predicted molar refractivity (Wildman–Crippen MR) is 289 cm³/mol. The van der Waals surface area contributed by atoms with Crippen LogP contribution in [0, 0.1) is 13.8 Å². The number of primary sulfonamides is 2. The lowest BCUT2D eigenvalue weighted by molar-refractivity contribution is -0.115. The number of Topliss-reactive ketones (excluding diaryl/α,β-unsaturated/α-hetero) is 3. The smallest absolute Gasteiger partial charge is 0.264 e. The van der Waals surface area contributed by atoms with Crippen LogP contribution in [-0.4, -0.2) is 61.0 Å². The molecule has 390 valence electrons. The third kappa shape index (κ3) is 20.5. The Morgan fingerprint density at radius 2 is 0.797 bits per heavy atom. The van der Waals surface area contributed by atoms with Gasteiger partial charge in [0.05, 0.1) is 19.6 Å². The van der Waals surface area contributed by atoms with Crippen LogP contribution in [0.2, 0.25) is 0 Å². The highest BCUT2D eigenvalue weighted by Crippen LogP contribution is 2.19. The van der Waals surface area contributed by atoms with Gasteiger partial charge in [0.1, 0.15) is 0 Å². The van der Waals surface area contributed by atoms with Gasteiger partial charge in [-0.2, -0.15) is 0 Å². The zero-order valence-electron chi connectivity index (χ0n) is 41.4. The summed E-state index contributed by atoms with van der Waals surface area (Å²) in [7, 11) is -14.6. The molecule has 0 aliphatic carbocycles. The molecule has 6 rings (SSSR count). The number of para-hydroxylation sites is 1. The molecule has 17 nitrogen and oxygen atoms in total. The van der Waals surface area contributed by atoms with E-state index >= 15 is 0 Å². The van der Waals surface area contributed by atoms with Crippen molar-refractivity contribution in [3.05, 3.63) is 210 Å². The highest BCUT2D eigenvalue weighted by Gasteiger charge is 2.18. The van der Waals surface area contributed by atoms with Crippen LogP contribution in [0.5, 0.6) is 0 Å². The zero-order valence-corrected chi connectivity index (χ0v) is 44.7. The topological polar surface area (TPSA) is 290 Å². The Labute approximate surface area is 434 Å². The van der Waals surface area contributed by atoms with E-state index in [0.29, 0.717) is 33.8 Å². The molecule has 1 heterocycles. The van der Waals surface area contributed by atoms with E-state index in [9.17, 15) is 48.1 Å². The van der Waals surface area contributed by atoms with E-state index < -0.39 is 40.1 Å². The average Bonchev–Trinajstić information content (AvgIpc) is 3.32. The van der Waals surface area contributed by atoms with Crippen LogP contribution in [0.1, 0.15) is 54.4 Å². The lowest BCUT2D eigenvalue weighted by Crippen LogP contribution is -2.16. The molecule has 0 unspecified atom stereocenters. The number of nitrogens with one attached hydrogen (secondary N) is 2. The number of allylic oxidation sites excluding steroid dienone is 3. The van der Waals surface area contributed by atoms with E-state index in [1.807, 2.05) is 6.07 Å². The first-order valence-electron chi connectivity index (χ1n) is 21.9. The fraction of sp³-hybridized carbons (Fsp3) is 0.151. The first kappa shape index (κ1) is 60.8. The number of ketones is 3. The van der Waals surface area contributed by atoms with E-state index in [4.69, 9.17) is 10.3 Å². The van der Waals surface area contributed by atoms with Crippen molar-refractivity contribution < 1.29 is 48.1 Å². The Morgan fingerprint density at radius 3 is 1.11 bits per heavy atom. The minimum absolute atomic E-state index is 0.0361. The Morgan fingerprint density at radius 1 is 0.486 bits per heavy atom. The van der Waals surface area contributed by atoms with Crippen molar-refractivity contribution in [3.63, 3.8) is 0 Å². The average molecular weight is 1080 g/mol. The molecule has 0 aliphatic rings. The standard InChI is InChI=1S/C17H19N3O3S.C17H17NO3S.C11H13NO3S.C8H9NO2S/c1-11(2)16(21)10-14-5-7-15(8-6-14)24(22,23)20-17-18-12(3)9-13(4)19-17;1-13(2)17(19)12-14-8-10-16(11-9-14)22(20,21)18-15-6-4-3-5-7-15;1-8(2)11(13)7-9-3-5-10(6-4-9)16(12,14)15;1-2-7-3-5-8(6-4-7)12(9,10)11/h5-9H,1,10H2,2-4H3,(H,18,19,20);3-11,18H,1,12H2,2H3;3-6H,1,7H2,2H3,(H2,12,14,15);2-6H,1H2,(H2,9,10,11). The monoisotopic (exact) mass is 1080 g/mol. The van der Waals surface area contributed by atoms with Crippen LogP contribution in [-0.2, 0) is 73.7 Å². The second kappa shape index (κ2) is 27.0. The largest absolute Gasteiger partial charge is 0.294 e. The van der Waals surface area contributed by atoms with Crippen LogP contribution in [0.25, 0.3) is 6.08 Å². The molecule has 0 amide bonds. The molecule has 1 aromatic heterocycles. The molecule has 0 spiro atoms. The minimum atomic E-state index is -3.79. The van der Waals surface area contributed by atoms with E-state index in [1.54, 1.807) is 120 Å². The number of nitrogens with two attached hydrogens (primary N) is 2. The molecule has 6 aromatic rings. The van der Waals surface area contributed by atoms with Gasteiger partial charge in [-0.3, -0.25) is 19.1 Å². The first-order valence-corrected chi connectivity index (χ1v) is 28.0. The zero-order chi connectivity index (χ0) is 55.6. The summed E-state index contributed by atoms with van der Waals surface area (Å²) < 4.78 is 97.7. The van der Waals surface area contributed by atoms with Gasteiger partial charge in [-0.1, -0.05) is 99.1 Å². The maximum absolute atomic E-state index is 12.4. The van der Waals surface area contributed by atoms with Gasteiger partial charge in [0.25, 0.3) is 20.0 Å². The number of hydrogen-bond acceptors (Lipinski definition) is 13. The van der Waals surface area contributed by atoms with Gasteiger partial charge < -0.3 is 0 Å². The van der Waals surface area contributed by atoms with Crippen LogP contribution >= 0.6 is 0 Å². The van der Waals surface area contributed by atoms with Gasteiger partial charge in [0, 0.05) is 36.3 Å². The first-order chi connectivity index (χ1) is 34.4. The summed E-state index contributed by atoms with van der Waals surface area (Å²) in [5, 5.41) is 9.84. The Kier molecular flexibility index (Phi) is 22.1. The molecule has 0 fully saturated rings. The fourth-order valence-corrected chi connectivity index (χ4v) is 8.88. The normalized spacial score (nSPS) is 11.1. The second-order valence-corrected chi connectivity index (χ2v) is 23.0. The van der Waals surface area contributed by atoms with Crippen LogP contribution in [0.4, 0.5) is 11.6 Å². The van der Waals surface area contributed by atoms with Crippen molar-refractivity contribution in [1.29, 1.82) is 0 Å². The molecule has 21 heteroatoms. The van der Waals surface area contributed by atoms with Crippen LogP contribution < -0.4 is 19.7 Å². The summed E-state index contributed by atoms with van der Waals surface area (Å²) in [6.45, 7) is 22.8. The number of sulfonamides is 4. The van der Waals surface area contributed by atoms with Crippen molar-refractivity contribution in [2.45, 2.75) is 73.5 Å². The van der Waals surface area contributed by atoms with Gasteiger partial charge in [-0.05, 0) is 140 Å². The molecule has 0 atom stereocenters. The summed E-state index contributed by atoms with van der Waals surface area (Å²) in [6, 6.07) is 34.9. The molecule has 74 heavy (non-hydrogen) atoms. The number of aryl methyl sites for hydroxylation is 2. The van der Waals surface area contributed by atoms with Crippen molar-refractivity contribution in [1.82, 2.24) is 9.97 Å². The number of benzene rings is 5. The molecule has 0 aliphatic heterocycles. The van der Waals surface area contributed by atoms with Gasteiger partial charge >= 0.3 is 0 Å². The van der Waals surface area contributed by atoms with Gasteiger partial charge in [0.15, 0.2) is 17.3 Å². The molecule has 0 bridgehead atoms. The third-order valence-corrected chi connectivity index (χ3v) is 14.5. The predicted octanol–water partition coefficient (Wildman–Crippen LogP) is 7.76. The summed E-state index contributed by atoms with van der Waals surface area (Å²) >= 11 is 0. The van der Waals surface area contributed by atoms with Crippen molar-refractivity contribution in [2.75, 3.05) is 9.44 Å². The van der Waals surface area contributed by atoms with E-state index in [2.05, 4.69) is 45.7 Å². The number of hydrogen-bond donors (Lipinski definition) is 4. The van der Waals surface area contributed by atoms with Crippen molar-refractivity contribution in [2.24, 2.45) is 10.3 Å². The molecule has 0 saturated heterocycles. The molecule has 0 radical (unpaired) electrons. The van der Waals surface area contributed by atoms with Crippen molar-refractivity contribution in [3.8, 4) is 0 Å². The van der Waals surface area contributed by atoms with E-state index in [1.165, 1.54) is 48.5 Å². The summed E-state index contributed by atoms with van der Waals surface area (Å²) in [6.07, 6.45) is 2.28.